The maximum Gasteiger partial charge on any atom is 0.262 e. The summed E-state index contributed by atoms with van der Waals surface area (Å²) in [6.07, 6.45) is 3.92. The molecule has 1 amide bonds. The lowest BCUT2D eigenvalue weighted by atomic mass is 10.2. The summed E-state index contributed by atoms with van der Waals surface area (Å²) in [7, 11) is 0. The highest BCUT2D eigenvalue weighted by atomic mass is 16.5. The second kappa shape index (κ2) is 6.63. The summed E-state index contributed by atoms with van der Waals surface area (Å²) in [5.74, 6) is 0.493. The summed E-state index contributed by atoms with van der Waals surface area (Å²) in [5, 5.41) is 2.84. The molecule has 1 heterocycles. The van der Waals surface area contributed by atoms with Crippen molar-refractivity contribution >= 4 is 11.6 Å². The fourth-order valence-electron chi connectivity index (χ4n) is 2.11. The Kier molecular flexibility index (Phi) is 4.20. The number of carbonyl (C=O) groups is 1. The number of anilines is 1. The quantitative estimate of drug-likeness (QED) is 0.782. The van der Waals surface area contributed by atoms with Crippen LogP contribution in [0.25, 0.3) is 5.69 Å². The molecule has 0 unspecified atom stereocenters. The average Bonchev–Trinajstić information content (AvgIpc) is 3.09. The fraction of sp³-hybridized carbons (Fsp3) is 0.0556. The zero-order valence-corrected chi connectivity index (χ0v) is 12.0. The highest BCUT2D eigenvalue weighted by Gasteiger charge is 2.04. The number of rotatable bonds is 5. The molecular formula is C18H16N2O2. The van der Waals surface area contributed by atoms with Crippen LogP contribution in [0.4, 0.5) is 5.69 Å². The standard InChI is InChI=1S/C18H16N2O2/c21-18(14-22-17-9-2-1-3-10-17)19-15-7-6-8-16(13-15)20-11-4-5-12-20/h1-13H,14H2,(H,19,21). The molecule has 1 N–H and O–H groups in total. The molecule has 0 spiro atoms. The van der Waals surface area contributed by atoms with Gasteiger partial charge in [0.15, 0.2) is 6.61 Å². The molecule has 0 bridgehead atoms. The normalized spacial score (nSPS) is 10.2. The maximum absolute atomic E-state index is 11.9. The first-order chi connectivity index (χ1) is 10.8. The van der Waals surface area contributed by atoms with Gasteiger partial charge >= 0.3 is 0 Å². The second-order valence-electron chi connectivity index (χ2n) is 4.79. The van der Waals surface area contributed by atoms with Crippen molar-refractivity contribution in [2.75, 3.05) is 11.9 Å². The molecule has 0 fully saturated rings. The lowest BCUT2D eigenvalue weighted by Gasteiger charge is -2.09. The van der Waals surface area contributed by atoms with Crippen LogP contribution in [0.15, 0.2) is 79.1 Å². The van der Waals surface area contributed by atoms with E-state index in [2.05, 4.69) is 5.32 Å². The molecule has 3 rings (SSSR count). The Bertz CT molecular complexity index is 737. The number of carbonyl (C=O) groups excluding carboxylic acids is 1. The minimum atomic E-state index is -0.187. The highest BCUT2D eigenvalue weighted by Crippen LogP contribution is 2.15. The summed E-state index contributed by atoms with van der Waals surface area (Å²) in [5.41, 5.74) is 1.74. The van der Waals surface area contributed by atoms with Gasteiger partial charge in [0.1, 0.15) is 5.75 Å². The van der Waals surface area contributed by atoms with E-state index in [1.54, 1.807) is 0 Å². The summed E-state index contributed by atoms with van der Waals surface area (Å²) in [6.45, 7) is -0.0161. The predicted molar refractivity (Wildman–Crippen MR) is 86.3 cm³/mol. The smallest absolute Gasteiger partial charge is 0.262 e. The third-order valence-corrected chi connectivity index (χ3v) is 3.15. The van der Waals surface area contributed by atoms with Crippen molar-refractivity contribution in [2.45, 2.75) is 0 Å². The molecule has 4 heteroatoms. The van der Waals surface area contributed by atoms with Gasteiger partial charge in [-0.25, -0.2) is 0 Å². The number of nitrogens with zero attached hydrogens (tertiary/aromatic N) is 1. The molecule has 22 heavy (non-hydrogen) atoms. The van der Waals surface area contributed by atoms with Gasteiger partial charge in [0.25, 0.3) is 5.91 Å². The number of amides is 1. The zero-order chi connectivity index (χ0) is 15.2. The van der Waals surface area contributed by atoms with Gasteiger partial charge in [-0.05, 0) is 42.5 Å². The monoisotopic (exact) mass is 292 g/mol. The van der Waals surface area contributed by atoms with Gasteiger partial charge in [-0.1, -0.05) is 24.3 Å². The highest BCUT2D eigenvalue weighted by molar-refractivity contribution is 5.92. The first-order valence-electron chi connectivity index (χ1n) is 7.02. The molecule has 0 radical (unpaired) electrons. The van der Waals surface area contributed by atoms with Crippen molar-refractivity contribution in [1.82, 2.24) is 4.57 Å². The lowest BCUT2D eigenvalue weighted by molar-refractivity contribution is -0.118. The zero-order valence-electron chi connectivity index (χ0n) is 12.0. The van der Waals surface area contributed by atoms with E-state index in [1.165, 1.54) is 0 Å². The van der Waals surface area contributed by atoms with E-state index in [0.717, 1.165) is 11.4 Å². The van der Waals surface area contributed by atoms with Gasteiger partial charge < -0.3 is 14.6 Å². The minimum absolute atomic E-state index is 0.0161. The van der Waals surface area contributed by atoms with Gasteiger partial charge in [0.2, 0.25) is 0 Å². The molecular weight excluding hydrogens is 276 g/mol. The SMILES string of the molecule is O=C(COc1ccccc1)Nc1cccc(-n2cccc2)c1. The van der Waals surface area contributed by atoms with Crippen LogP contribution in [0.2, 0.25) is 0 Å². The van der Waals surface area contributed by atoms with Crippen LogP contribution in [0.3, 0.4) is 0 Å². The Balaban J connectivity index is 1.61. The third kappa shape index (κ3) is 3.55. The van der Waals surface area contributed by atoms with Crippen LogP contribution in [-0.2, 0) is 4.79 Å². The lowest BCUT2D eigenvalue weighted by Crippen LogP contribution is -2.20. The Morgan fingerprint density at radius 3 is 2.50 bits per heavy atom. The van der Waals surface area contributed by atoms with E-state index in [4.69, 9.17) is 4.74 Å². The number of hydrogen-bond donors (Lipinski definition) is 1. The third-order valence-electron chi connectivity index (χ3n) is 3.15. The average molecular weight is 292 g/mol. The molecule has 1 aromatic heterocycles. The van der Waals surface area contributed by atoms with Crippen molar-refractivity contribution < 1.29 is 9.53 Å². The minimum Gasteiger partial charge on any atom is -0.484 e. The molecule has 3 aromatic rings. The fourth-order valence-corrected chi connectivity index (χ4v) is 2.11. The van der Waals surface area contributed by atoms with Crippen molar-refractivity contribution in [2.24, 2.45) is 0 Å². The number of hydrogen-bond acceptors (Lipinski definition) is 2. The van der Waals surface area contributed by atoms with E-state index in [1.807, 2.05) is 83.7 Å². The number of aromatic nitrogens is 1. The van der Waals surface area contributed by atoms with Crippen LogP contribution in [0.5, 0.6) is 5.75 Å². The van der Waals surface area contributed by atoms with Crippen LogP contribution < -0.4 is 10.1 Å². The summed E-state index contributed by atoms with van der Waals surface area (Å²) >= 11 is 0. The van der Waals surface area contributed by atoms with Crippen molar-refractivity contribution in [1.29, 1.82) is 0 Å². The number of ether oxygens (including phenoxy) is 1. The van der Waals surface area contributed by atoms with Crippen molar-refractivity contribution in [3.8, 4) is 11.4 Å². The van der Waals surface area contributed by atoms with Crippen LogP contribution in [-0.4, -0.2) is 17.1 Å². The molecule has 0 saturated carbocycles. The van der Waals surface area contributed by atoms with E-state index in [0.29, 0.717) is 5.75 Å². The van der Waals surface area contributed by atoms with E-state index >= 15 is 0 Å². The van der Waals surface area contributed by atoms with Crippen molar-refractivity contribution in [3.63, 3.8) is 0 Å². The van der Waals surface area contributed by atoms with E-state index in [-0.39, 0.29) is 12.5 Å². The molecule has 0 aliphatic rings. The molecule has 0 aliphatic heterocycles. The first kappa shape index (κ1) is 13.9. The Morgan fingerprint density at radius 2 is 1.73 bits per heavy atom. The number of para-hydroxylation sites is 1. The van der Waals surface area contributed by atoms with Gasteiger partial charge in [-0.15, -0.1) is 0 Å². The second-order valence-corrected chi connectivity index (χ2v) is 4.79. The molecule has 0 aliphatic carbocycles. The largest absolute Gasteiger partial charge is 0.484 e. The number of benzene rings is 2. The van der Waals surface area contributed by atoms with Crippen LogP contribution in [0.1, 0.15) is 0 Å². The van der Waals surface area contributed by atoms with Crippen LogP contribution >= 0.6 is 0 Å². The number of nitrogens with one attached hydrogen (secondary N) is 1. The summed E-state index contributed by atoms with van der Waals surface area (Å²) in [4.78, 5) is 11.9. The Labute approximate surface area is 129 Å². The van der Waals surface area contributed by atoms with Gasteiger partial charge in [-0.3, -0.25) is 4.79 Å². The van der Waals surface area contributed by atoms with E-state index < -0.39 is 0 Å². The Morgan fingerprint density at radius 1 is 0.955 bits per heavy atom. The Hall–Kier alpha value is -3.01. The van der Waals surface area contributed by atoms with Crippen molar-refractivity contribution in [3.05, 3.63) is 79.1 Å². The first-order valence-corrected chi connectivity index (χ1v) is 7.02. The summed E-state index contributed by atoms with van der Waals surface area (Å²) < 4.78 is 7.41. The maximum atomic E-state index is 11.9. The molecule has 0 atom stereocenters. The molecule has 0 saturated heterocycles. The van der Waals surface area contributed by atoms with Gasteiger partial charge in [-0.2, -0.15) is 0 Å². The summed E-state index contributed by atoms with van der Waals surface area (Å²) in [6, 6.07) is 20.9. The molecule has 2 aromatic carbocycles. The molecule has 4 nitrogen and oxygen atoms in total. The predicted octanol–water partition coefficient (Wildman–Crippen LogP) is 3.49. The van der Waals surface area contributed by atoms with E-state index in [9.17, 15) is 4.79 Å². The molecule has 110 valence electrons. The van der Waals surface area contributed by atoms with Gasteiger partial charge in [0, 0.05) is 23.8 Å². The van der Waals surface area contributed by atoms with Gasteiger partial charge in [0.05, 0.1) is 0 Å². The van der Waals surface area contributed by atoms with Crippen LogP contribution in [0, 0.1) is 0 Å². The topological polar surface area (TPSA) is 43.3 Å².